The third-order valence-electron chi connectivity index (χ3n) is 7.11. The number of rotatable bonds is 3. The third kappa shape index (κ3) is 2.26. The average molecular weight is 396 g/mol. The molecule has 0 aliphatic carbocycles. The van der Waals surface area contributed by atoms with Crippen LogP contribution in [-0.2, 0) is 9.72 Å². The van der Waals surface area contributed by atoms with E-state index >= 15 is 4.57 Å². The van der Waals surface area contributed by atoms with Crippen molar-refractivity contribution in [1.82, 2.24) is 0 Å². The molecule has 3 aromatic rings. The number of hydrogen-bond acceptors (Lipinski definition) is 1. The van der Waals surface area contributed by atoms with E-state index in [-0.39, 0.29) is 5.41 Å². The maximum absolute atomic E-state index is 15.1. The van der Waals surface area contributed by atoms with Crippen LogP contribution in [0.15, 0.2) is 103 Å². The fourth-order valence-corrected chi connectivity index (χ4v) is 10.3. The second kappa shape index (κ2) is 6.18. The van der Waals surface area contributed by atoms with Gasteiger partial charge in [0.1, 0.15) is 7.14 Å². The zero-order chi connectivity index (χ0) is 20.3. The minimum atomic E-state index is -2.82. The first-order valence-electron chi connectivity index (χ1n) is 10.1. The maximum Gasteiger partial charge on any atom is 0.131 e. The Kier molecular flexibility index (Phi) is 3.92. The molecule has 0 spiro atoms. The molecule has 0 saturated carbocycles. The quantitative estimate of drug-likeness (QED) is 0.332. The molecule has 1 nitrogen and oxygen atoms in total. The van der Waals surface area contributed by atoms with Crippen LogP contribution in [-0.4, -0.2) is 6.16 Å². The highest BCUT2D eigenvalue weighted by molar-refractivity contribution is 7.77. The molecule has 0 unspecified atom stereocenters. The van der Waals surface area contributed by atoms with Crippen molar-refractivity contribution in [1.29, 1.82) is 0 Å². The fourth-order valence-electron chi connectivity index (χ4n) is 5.58. The molecule has 3 atom stereocenters. The Morgan fingerprint density at radius 2 is 1.24 bits per heavy atom. The standard InChI is InChI=1S/C27H25OP/c1-20-26(2)19-29(28,27(20,3)23-17-11-6-12-18-23)25(22-15-9-5-10-16-22)24(26)21-13-7-4-8-14-21/h4-18H,1,19H2,2-3H3/t26-,27+,29+/m0/s1. The van der Waals surface area contributed by atoms with Crippen molar-refractivity contribution < 1.29 is 4.57 Å². The summed E-state index contributed by atoms with van der Waals surface area (Å²) in [6.45, 7) is 8.98. The molecule has 2 aliphatic rings. The van der Waals surface area contributed by atoms with E-state index in [1.807, 2.05) is 42.5 Å². The van der Waals surface area contributed by atoms with Gasteiger partial charge in [0.15, 0.2) is 0 Å². The van der Waals surface area contributed by atoms with Crippen LogP contribution in [0, 0.1) is 5.41 Å². The summed E-state index contributed by atoms with van der Waals surface area (Å²) in [6.07, 6.45) is 0.651. The summed E-state index contributed by atoms with van der Waals surface area (Å²) in [4.78, 5) is 0. The van der Waals surface area contributed by atoms with Gasteiger partial charge in [-0.05, 0) is 34.8 Å². The van der Waals surface area contributed by atoms with Gasteiger partial charge in [-0.3, -0.25) is 0 Å². The Balaban J connectivity index is 1.88. The maximum atomic E-state index is 15.1. The van der Waals surface area contributed by atoms with E-state index in [1.54, 1.807) is 0 Å². The summed E-state index contributed by atoms with van der Waals surface area (Å²) in [7, 11) is -2.82. The summed E-state index contributed by atoms with van der Waals surface area (Å²) in [5, 5.41) is 0.498. The van der Waals surface area contributed by atoms with Gasteiger partial charge in [0, 0.05) is 16.9 Å². The molecule has 1 saturated heterocycles. The van der Waals surface area contributed by atoms with Gasteiger partial charge >= 0.3 is 0 Å². The Morgan fingerprint density at radius 1 is 0.759 bits per heavy atom. The highest BCUT2D eigenvalue weighted by Gasteiger charge is 2.68. The minimum absolute atomic E-state index is 0.313. The summed E-state index contributed by atoms with van der Waals surface area (Å²) in [5.41, 5.74) is 5.31. The van der Waals surface area contributed by atoms with Crippen LogP contribution in [0.1, 0.15) is 30.5 Å². The van der Waals surface area contributed by atoms with Crippen molar-refractivity contribution in [2.24, 2.45) is 5.41 Å². The molecule has 0 radical (unpaired) electrons. The van der Waals surface area contributed by atoms with Gasteiger partial charge in [-0.2, -0.15) is 0 Å². The summed E-state index contributed by atoms with van der Waals surface area (Å²) >= 11 is 0. The lowest BCUT2D eigenvalue weighted by Gasteiger charge is -2.42. The predicted molar refractivity (Wildman–Crippen MR) is 123 cm³/mol. The number of benzene rings is 3. The first-order valence-corrected chi connectivity index (χ1v) is 12.0. The lowest BCUT2D eigenvalue weighted by Crippen LogP contribution is -2.29. The van der Waals surface area contributed by atoms with E-state index < -0.39 is 12.3 Å². The Hall–Kier alpha value is -2.63. The SMILES string of the molecule is C=C1[C@]2(C)C[P@@](=O)(C(c3ccccc3)=C2c2ccccc2)[C@@]1(C)c1ccccc1. The van der Waals surface area contributed by atoms with E-state index in [4.69, 9.17) is 0 Å². The van der Waals surface area contributed by atoms with Crippen LogP contribution in [0.4, 0.5) is 0 Å². The summed E-state index contributed by atoms with van der Waals surface area (Å²) in [6, 6.07) is 31.1. The van der Waals surface area contributed by atoms with Gasteiger partial charge in [-0.25, -0.2) is 0 Å². The van der Waals surface area contributed by atoms with Crippen LogP contribution in [0.3, 0.4) is 0 Å². The van der Waals surface area contributed by atoms with Crippen LogP contribution in [0.5, 0.6) is 0 Å². The minimum Gasteiger partial charge on any atom is -0.317 e. The zero-order valence-electron chi connectivity index (χ0n) is 16.9. The molecule has 144 valence electrons. The molecule has 2 heterocycles. The molecule has 0 aromatic heterocycles. The monoisotopic (exact) mass is 396 g/mol. The Labute approximate surface area is 173 Å². The predicted octanol–water partition coefficient (Wildman–Crippen LogP) is 7.42. The molecular formula is C27H25OP. The molecule has 5 rings (SSSR count). The second-order valence-corrected chi connectivity index (χ2v) is 11.7. The van der Waals surface area contributed by atoms with Crippen molar-refractivity contribution in [2.75, 3.05) is 6.16 Å². The van der Waals surface area contributed by atoms with Crippen LogP contribution in [0.2, 0.25) is 0 Å². The molecule has 29 heavy (non-hydrogen) atoms. The molecule has 2 heteroatoms. The first kappa shape index (κ1) is 18.4. The lowest BCUT2D eigenvalue weighted by molar-refractivity contribution is 0.562. The lowest BCUT2D eigenvalue weighted by atomic mass is 9.69. The topological polar surface area (TPSA) is 17.1 Å². The number of allylic oxidation sites excluding steroid dienone is 2. The van der Waals surface area contributed by atoms with Crippen molar-refractivity contribution >= 4 is 18.0 Å². The second-order valence-electron chi connectivity index (χ2n) is 8.60. The summed E-state index contributed by atoms with van der Waals surface area (Å²) < 4.78 is 15.1. The molecule has 2 bridgehead atoms. The Morgan fingerprint density at radius 3 is 1.79 bits per heavy atom. The van der Waals surface area contributed by atoms with E-state index in [0.717, 1.165) is 27.6 Å². The van der Waals surface area contributed by atoms with Gasteiger partial charge < -0.3 is 4.57 Å². The van der Waals surface area contributed by atoms with Crippen molar-refractivity contribution in [3.63, 3.8) is 0 Å². The normalized spacial score (nSPS) is 30.8. The first-order chi connectivity index (χ1) is 13.9. The summed E-state index contributed by atoms with van der Waals surface area (Å²) in [5.74, 6) is 0. The smallest absolute Gasteiger partial charge is 0.131 e. The van der Waals surface area contributed by atoms with Crippen LogP contribution in [0.25, 0.3) is 10.9 Å². The van der Waals surface area contributed by atoms with Crippen molar-refractivity contribution in [3.05, 3.63) is 120 Å². The Bertz CT molecular complexity index is 1180. The van der Waals surface area contributed by atoms with E-state index in [2.05, 4.69) is 69.0 Å². The molecule has 2 aliphatic heterocycles. The van der Waals surface area contributed by atoms with Gasteiger partial charge in [-0.1, -0.05) is 104 Å². The van der Waals surface area contributed by atoms with E-state index in [9.17, 15) is 0 Å². The van der Waals surface area contributed by atoms with Crippen LogP contribution < -0.4 is 0 Å². The van der Waals surface area contributed by atoms with Gasteiger partial charge in [-0.15, -0.1) is 0 Å². The van der Waals surface area contributed by atoms with E-state index in [1.165, 1.54) is 5.57 Å². The van der Waals surface area contributed by atoms with E-state index in [0.29, 0.717) is 6.16 Å². The highest BCUT2D eigenvalue weighted by atomic mass is 31.2. The molecule has 1 fully saturated rings. The fraction of sp³-hybridized carbons (Fsp3) is 0.185. The molecule has 0 amide bonds. The van der Waals surface area contributed by atoms with Crippen molar-refractivity contribution in [2.45, 2.75) is 19.0 Å². The highest BCUT2D eigenvalue weighted by Crippen LogP contribution is 2.89. The van der Waals surface area contributed by atoms with Gasteiger partial charge in [0.25, 0.3) is 0 Å². The molecule has 0 N–H and O–H groups in total. The molecular weight excluding hydrogens is 371 g/mol. The number of hydrogen-bond donors (Lipinski definition) is 0. The third-order valence-corrected chi connectivity index (χ3v) is 11.4. The van der Waals surface area contributed by atoms with Gasteiger partial charge in [0.2, 0.25) is 0 Å². The largest absolute Gasteiger partial charge is 0.317 e. The van der Waals surface area contributed by atoms with Crippen LogP contribution >= 0.6 is 7.14 Å². The van der Waals surface area contributed by atoms with Gasteiger partial charge in [0.05, 0.1) is 5.16 Å². The number of fused-ring (bicyclic) bond motifs is 2. The zero-order valence-corrected chi connectivity index (χ0v) is 17.8. The average Bonchev–Trinajstić information content (AvgIpc) is 3.11. The molecule has 3 aromatic carbocycles. The van der Waals surface area contributed by atoms with Crippen molar-refractivity contribution in [3.8, 4) is 0 Å².